The summed E-state index contributed by atoms with van der Waals surface area (Å²) in [6, 6.07) is 5.52. The zero-order valence-corrected chi connectivity index (χ0v) is 16.2. The van der Waals surface area contributed by atoms with E-state index in [0.717, 1.165) is 32.6 Å². The van der Waals surface area contributed by atoms with Gasteiger partial charge in [-0.2, -0.15) is 0 Å². The summed E-state index contributed by atoms with van der Waals surface area (Å²) in [5.41, 5.74) is 0.594. The molecule has 7 heteroatoms. The number of carbonyl (C=O) groups is 2. The molecule has 1 aromatic carbocycles. The molecule has 0 spiro atoms. The lowest BCUT2D eigenvalue weighted by molar-refractivity contribution is -0.142. The topological polar surface area (TPSA) is 43.9 Å². The Balaban J connectivity index is 1.46. The standard InChI is InChI=1S/C19H23Cl2N3O2/c20-13-4-5-16(21)17(11-13)24-8-6-15(19(24)26)18(25)23-10-9-22-7-2-1-3-14(22)12-23/h4-5,11,14-15H,1-3,6-10,12H2/t14-,15-/m0/s1. The number of hydrogen-bond donors (Lipinski definition) is 0. The average Bonchev–Trinajstić information content (AvgIpc) is 3.04. The SMILES string of the molecule is O=C([C@@H]1CCN(c2cc(Cl)ccc2Cl)C1=O)N1CCN2CCCC[C@H]2C1. The van der Waals surface area contributed by atoms with Gasteiger partial charge in [-0.1, -0.05) is 29.6 Å². The summed E-state index contributed by atoms with van der Waals surface area (Å²) < 4.78 is 0. The number of rotatable bonds is 2. The summed E-state index contributed by atoms with van der Waals surface area (Å²) in [7, 11) is 0. The summed E-state index contributed by atoms with van der Waals surface area (Å²) in [6.07, 6.45) is 4.16. The Hall–Kier alpha value is -1.30. The van der Waals surface area contributed by atoms with Gasteiger partial charge in [-0.05, 0) is 44.0 Å². The second-order valence-electron chi connectivity index (χ2n) is 7.40. The number of nitrogens with zero attached hydrogens (tertiary/aromatic N) is 3. The van der Waals surface area contributed by atoms with Crippen LogP contribution in [-0.2, 0) is 9.59 Å². The molecule has 2 atom stereocenters. The van der Waals surface area contributed by atoms with Gasteiger partial charge in [-0.3, -0.25) is 14.5 Å². The summed E-state index contributed by atoms with van der Waals surface area (Å²) in [6.45, 7) is 4.02. The van der Waals surface area contributed by atoms with E-state index in [4.69, 9.17) is 23.2 Å². The number of anilines is 1. The number of halogens is 2. The van der Waals surface area contributed by atoms with E-state index in [9.17, 15) is 9.59 Å². The predicted molar refractivity (Wildman–Crippen MR) is 103 cm³/mol. The van der Waals surface area contributed by atoms with Gasteiger partial charge >= 0.3 is 0 Å². The first-order valence-electron chi connectivity index (χ1n) is 9.34. The third-order valence-corrected chi connectivity index (χ3v) is 6.41. The predicted octanol–water partition coefficient (Wildman–Crippen LogP) is 3.04. The molecule has 5 nitrogen and oxygen atoms in total. The molecule has 0 N–H and O–H groups in total. The van der Waals surface area contributed by atoms with Gasteiger partial charge < -0.3 is 9.80 Å². The van der Waals surface area contributed by atoms with Crippen LogP contribution in [0, 0.1) is 5.92 Å². The number of amides is 2. The Morgan fingerprint density at radius 3 is 2.73 bits per heavy atom. The lowest BCUT2D eigenvalue weighted by Crippen LogP contribution is -2.57. The highest BCUT2D eigenvalue weighted by Gasteiger charge is 2.42. The molecular weight excluding hydrogens is 373 g/mol. The van der Waals surface area contributed by atoms with Gasteiger partial charge in [0.15, 0.2) is 0 Å². The van der Waals surface area contributed by atoms with Gasteiger partial charge in [0.25, 0.3) is 0 Å². The molecule has 140 valence electrons. The summed E-state index contributed by atoms with van der Waals surface area (Å²) in [5.74, 6) is -0.786. The monoisotopic (exact) mass is 395 g/mol. The van der Waals surface area contributed by atoms with Crippen molar-refractivity contribution in [3.63, 3.8) is 0 Å². The first-order valence-corrected chi connectivity index (χ1v) is 10.1. The van der Waals surface area contributed by atoms with Gasteiger partial charge in [0.1, 0.15) is 5.92 Å². The third kappa shape index (κ3) is 3.32. The second-order valence-corrected chi connectivity index (χ2v) is 8.24. The Kier molecular flexibility index (Phi) is 5.13. The molecule has 4 rings (SSSR count). The van der Waals surface area contributed by atoms with Gasteiger partial charge in [-0.15, -0.1) is 0 Å². The maximum absolute atomic E-state index is 13.0. The van der Waals surface area contributed by atoms with E-state index in [-0.39, 0.29) is 11.8 Å². The Bertz CT molecular complexity index is 727. The van der Waals surface area contributed by atoms with Crippen LogP contribution in [0.3, 0.4) is 0 Å². The molecular formula is C19H23Cl2N3O2. The van der Waals surface area contributed by atoms with Crippen LogP contribution < -0.4 is 4.90 Å². The van der Waals surface area contributed by atoms with Crippen molar-refractivity contribution < 1.29 is 9.59 Å². The number of hydrogen-bond acceptors (Lipinski definition) is 3. The number of carbonyl (C=O) groups excluding carboxylic acids is 2. The lowest BCUT2D eigenvalue weighted by atomic mass is 9.98. The van der Waals surface area contributed by atoms with Gasteiger partial charge in [-0.25, -0.2) is 0 Å². The number of piperazine rings is 1. The third-order valence-electron chi connectivity index (χ3n) is 5.85. The fourth-order valence-electron chi connectivity index (χ4n) is 4.42. The van der Waals surface area contributed by atoms with Crippen molar-refractivity contribution in [3.05, 3.63) is 28.2 Å². The van der Waals surface area contributed by atoms with Crippen LogP contribution in [0.2, 0.25) is 10.0 Å². The first-order chi connectivity index (χ1) is 12.5. The fourth-order valence-corrected chi connectivity index (χ4v) is 4.80. The maximum Gasteiger partial charge on any atom is 0.239 e. The van der Waals surface area contributed by atoms with Crippen molar-refractivity contribution >= 4 is 40.7 Å². The highest BCUT2D eigenvalue weighted by atomic mass is 35.5. The summed E-state index contributed by atoms with van der Waals surface area (Å²) >= 11 is 12.3. The minimum Gasteiger partial charge on any atom is -0.339 e. The van der Waals surface area contributed by atoms with Crippen molar-refractivity contribution in [2.45, 2.75) is 31.7 Å². The molecule has 3 aliphatic rings. The van der Waals surface area contributed by atoms with Crippen molar-refractivity contribution in [2.24, 2.45) is 5.92 Å². The molecule has 0 aliphatic carbocycles. The molecule has 3 heterocycles. The summed E-state index contributed by atoms with van der Waals surface area (Å²) in [4.78, 5) is 31.9. The minimum atomic E-state index is -0.597. The number of piperidine rings is 1. The van der Waals surface area contributed by atoms with E-state index in [1.165, 1.54) is 12.8 Å². The lowest BCUT2D eigenvalue weighted by Gasteiger charge is -2.44. The highest BCUT2D eigenvalue weighted by molar-refractivity contribution is 6.36. The zero-order chi connectivity index (χ0) is 18.3. The van der Waals surface area contributed by atoms with Crippen LogP contribution in [0.15, 0.2) is 18.2 Å². The molecule has 1 aromatic rings. The molecule has 26 heavy (non-hydrogen) atoms. The van der Waals surface area contributed by atoms with Crippen molar-refractivity contribution in [1.82, 2.24) is 9.80 Å². The molecule has 3 saturated heterocycles. The van der Waals surface area contributed by atoms with Crippen LogP contribution in [0.4, 0.5) is 5.69 Å². The van der Waals surface area contributed by atoms with Gasteiger partial charge in [0, 0.05) is 37.2 Å². The minimum absolute atomic E-state index is 0.0270. The first kappa shape index (κ1) is 18.1. The second kappa shape index (κ2) is 7.37. The van der Waals surface area contributed by atoms with E-state index < -0.39 is 5.92 Å². The van der Waals surface area contributed by atoms with Crippen molar-refractivity contribution in [1.29, 1.82) is 0 Å². The van der Waals surface area contributed by atoms with E-state index >= 15 is 0 Å². The van der Waals surface area contributed by atoms with E-state index in [1.807, 2.05) is 4.90 Å². The quantitative estimate of drug-likeness (QED) is 0.722. The van der Waals surface area contributed by atoms with E-state index in [2.05, 4.69) is 4.90 Å². The van der Waals surface area contributed by atoms with Crippen LogP contribution in [0.25, 0.3) is 0 Å². The fraction of sp³-hybridized carbons (Fsp3) is 0.579. The van der Waals surface area contributed by atoms with Crippen LogP contribution in [0.1, 0.15) is 25.7 Å². The molecule has 0 radical (unpaired) electrons. The Morgan fingerprint density at radius 1 is 1.04 bits per heavy atom. The summed E-state index contributed by atoms with van der Waals surface area (Å²) in [5, 5.41) is 1.01. The number of fused-ring (bicyclic) bond motifs is 1. The molecule has 3 aliphatic heterocycles. The molecule has 2 amide bonds. The van der Waals surface area contributed by atoms with Crippen LogP contribution >= 0.6 is 23.2 Å². The van der Waals surface area contributed by atoms with Gasteiger partial charge in [0.2, 0.25) is 11.8 Å². The largest absolute Gasteiger partial charge is 0.339 e. The molecule has 0 aromatic heterocycles. The normalized spacial score (nSPS) is 26.9. The van der Waals surface area contributed by atoms with Gasteiger partial charge in [0.05, 0.1) is 10.7 Å². The molecule has 0 saturated carbocycles. The average molecular weight is 396 g/mol. The smallest absolute Gasteiger partial charge is 0.239 e. The highest BCUT2D eigenvalue weighted by Crippen LogP contribution is 2.34. The van der Waals surface area contributed by atoms with E-state index in [1.54, 1.807) is 23.1 Å². The Labute approximate surface area is 163 Å². The van der Waals surface area contributed by atoms with Crippen LogP contribution in [0.5, 0.6) is 0 Å². The molecule has 0 bridgehead atoms. The zero-order valence-electron chi connectivity index (χ0n) is 14.7. The molecule has 0 unspecified atom stereocenters. The number of benzene rings is 1. The van der Waals surface area contributed by atoms with Crippen molar-refractivity contribution in [3.8, 4) is 0 Å². The molecule has 3 fully saturated rings. The van der Waals surface area contributed by atoms with E-state index in [0.29, 0.717) is 34.7 Å². The Morgan fingerprint density at radius 2 is 1.88 bits per heavy atom. The van der Waals surface area contributed by atoms with Crippen molar-refractivity contribution in [2.75, 3.05) is 37.6 Å². The maximum atomic E-state index is 13.0. The van der Waals surface area contributed by atoms with Crippen LogP contribution in [-0.4, -0.2) is 60.4 Å².